The molecule has 0 saturated carbocycles. The molecular formula is C3H2F6O4S. The molecule has 0 atom stereocenters. The van der Waals surface area contributed by atoms with Crippen molar-refractivity contribution in [3.8, 4) is 0 Å². The molecule has 4 nitrogen and oxygen atoms in total. The Morgan fingerprint density at radius 3 is 1.21 bits per heavy atom. The van der Waals surface area contributed by atoms with Crippen LogP contribution in [0.25, 0.3) is 0 Å². The number of hydrogen-bond donors (Lipinski definition) is 2. The molecule has 0 heterocycles. The normalized spacial score (nSPS) is 11.4. The Bertz CT molecular complexity index is 290. The first kappa shape index (κ1) is 15.7. The predicted octanol–water partition coefficient (Wildman–Crippen LogP) is 1.97. The number of hydrogen-bond acceptors (Lipinski definition) is 2. The fraction of sp³-hybridized carbons (Fsp3) is 0.333. The van der Waals surface area contributed by atoms with Gasteiger partial charge in [-0.05, 0) is 0 Å². The van der Waals surface area contributed by atoms with E-state index in [0.29, 0.717) is 0 Å². The van der Waals surface area contributed by atoms with E-state index in [9.17, 15) is 26.3 Å². The second-order valence-corrected chi connectivity index (χ2v) is 2.42. The Morgan fingerprint density at radius 2 is 1.21 bits per heavy atom. The molecular weight excluding hydrogens is 246 g/mol. The molecule has 0 aliphatic carbocycles. The van der Waals surface area contributed by atoms with Crippen LogP contribution >= 0.6 is 0 Å². The van der Waals surface area contributed by atoms with E-state index in [2.05, 4.69) is 0 Å². The third-order valence-electron chi connectivity index (χ3n) is 0.415. The summed E-state index contributed by atoms with van der Waals surface area (Å²) in [5, 5.41) is 0. The van der Waals surface area contributed by atoms with E-state index in [-0.39, 0.29) is 0 Å². The van der Waals surface area contributed by atoms with Crippen molar-refractivity contribution in [2.45, 2.75) is 6.18 Å². The molecule has 0 aliphatic heterocycles. The fourth-order valence-electron chi connectivity index (χ4n) is 0.107. The number of alkyl halides is 3. The Labute approximate surface area is 73.4 Å². The molecule has 0 rings (SSSR count). The molecule has 0 aromatic carbocycles. The lowest BCUT2D eigenvalue weighted by molar-refractivity contribution is -0.113. The van der Waals surface area contributed by atoms with Crippen LogP contribution in [0.2, 0.25) is 0 Å². The first-order chi connectivity index (χ1) is 5.85. The minimum atomic E-state index is -5.56. The first-order valence-corrected chi connectivity index (χ1v) is 3.73. The van der Waals surface area contributed by atoms with E-state index < -0.39 is 28.5 Å². The summed E-state index contributed by atoms with van der Waals surface area (Å²) in [5.41, 5.74) is 0. The maximum Gasteiger partial charge on any atom is 0.448 e. The summed E-state index contributed by atoms with van der Waals surface area (Å²) in [6.07, 6.45) is -8.90. The van der Waals surface area contributed by atoms with Crippen LogP contribution < -0.4 is 0 Å². The standard InChI is InChI=1S/C3F6.H2O4S/c4-1(2(5)6)3(7,8)9;1-5(2,3)4/h;(H2,1,2,3,4). The number of allylic oxidation sites excluding steroid dienone is 1. The van der Waals surface area contributed by atoms with Gasteiger partial charge in [0.15, 0.2) is 0 Å². The van der Waals surface area contributed by atoms with Crippen molar-refractivity contribution in [2.24, 2.45) is 0 Å². The van der Waals surface area contributed by atoms with Crippen LogP contribution in [-0.4, -0.2) is 23.7 Å². The highest BCUT2D eigenvalue weighted by molar-refractivity contribution is 7.79. The topological polar surface area (TPSA) is 74.6 Å². The zero-order valence-corrected chi connectivity index (χ0v) is 6.70. The van der Waals surface area contributed by atoms with Crippen molar-refractivity contribution >= 4 is 10.4 Å². The average Bonchev–Trinajstić information content (AvgIpc) is 1.79. The molecule has 0 aliphatic rings. The largest absolute Gasteiger partial charge is 0.448 e. The molecule has 86 valence electrons. The van der Waals surface area contributed by atoms with Crippen molar-refractivity contribution in [1.82, 2.24) is 0 Å². The lowest BCUT2D eigenvalue weighted by Gasteiger charge is -1.98. The van der Waals surface area contributed by atoms with E-state index in [1.165, 1.54) is 0 Å². The average molecular weight is 248 g/mol. The van der Waals surface area contributed by atoms with Gasteiger partial charge >= 0.3 is 22.7 Å². The van der Waals surface area contributed by atoms with Gasteiger partial charge in [-0.25, -0.2) is 0 Å². The monoisotopic (exact) mass is 248 g/mol. The molecule has 0 aromatic rings. The zero-order chi connectivity index (χ0) is 12.2. The van der Waals surface area contributed by atoms with Gasteiger partial charge in [0.05, 0.1) is 0 Å². The van der Waals surface area contributed by atoms with Crippen LogP contribution in [0.15, 0.2) is 11.9 Å². The molecule has 0 aromatic heterocycles. The summed E-state index contributed by atoms with van der Waals surface area (Å²) in [5.74, 6) is -3.33. The molecule has 0 spiro atoms. The van der Waals surface area contributed by atoms with E-state index in [1.807, 2.05) is 0 Å². The lowest BCUT2D eigenvalue weighted by Crippen LogP contribution is -2.08. The number of rotatable bonds is 0. The Hall–Kier alpha value is -0.810. The minimum Gasteiger partial charge on any atom is -0.264 e. The molecule has 2 N–H and O–H groups in total. The molecule has 0 radical (unpaired) electrons. The van der Waals surface area contributed by atoms with Gasteiger partial charge in [-0.2, -0.15) is 34.8 Å². The van der Waals surface area contributed by atoms with Crippen LogP contribution in [0.1, 0.15) is 0 Å². The van der Waals surface area contributed by atoms with Crippen LogP contribution in [0, 0.1) is 0 Å². The van der Waals surface area contributed by atoms with Crippen molar-refractivity contribution in [3.05, 3.63) is 11.9 Å². The van der Waals surface area contributed by atoms with Gasteiger partial charge in [0.25, 0.3) is 5.83 Å². The van der Waals surface area contributed by atoms with Gasteiger partial charge in [0.1, 0.15) is 0 Å². The summed E-state index contributed by atoms with van der Waals surface area (Å²) in [6.45, 7) is 0. The van der Waals surface area contributed by atoms with E-state index in [0.717, 1.165) is 0 Å². The lowest BCUT2D eigenvalue weighted by atomic mass is 10.6. The van der Waals surface area contributed by atoms with Gasteiger partial charge < -0.3 is 0 Å². The molecule has 0 amide bonds. The minimum absolute atomic E-state index is 3.33. The highest BCUT2D eigenvalue weighted by atomic mass is 32.3. The second kappa shape index (κ2) is 5.17. The van der Waals surface area contributed by atoms with Gasteiger partial charge in [-0.15, -0.1) is 0 Å². The van der Waals surface area contributed by atoms with E-state index in [4.69, 9.17) is 17.5 Å². The third kappa shape index (κ3) is 13.8. The second-order valence-electron chi connectivity index (χ2n) is 1.52. The number of halogens is 6. The summed E-state index contributed by atoms with van der Waals surface area (Å²) >= 11 is 0. The molecule has 0 bridgehead atoms. The van der Waals surface area contributed by atoms with Crippen molar-refractivity contribution in [3.63, 3.8) is 0 Å². The predicted molar refractivity (Wildman–Crippen MR) is 30.6 cm³/mol. The molecule has 14 heavy (non-hydrogen) atoms. The van der Waals surface area contributed by atoms with Crippen LogP contribution in [0.4, 0.5) is 26.3 Å². The highest BCUT2D eigenvalue weighted by Gasteiger charge is 2.38. The summed E-state index contributed by atoms with van der Waals surface area (Å²) in [7, 11) is -4.67. The van der Waals surface area contributed by atoms with Crippen LogP contribution in [0.3, 0.4) is 0 Å². The maximum atomic E-state index is 11.0. The van der Waals surface area contributed by atoms with E-state index >= 15 is 0 Å². The Kier molecular flexibility index (Phi) is 5.78. The van der Waals surface area contributed by atoms with Crippen LogP contribution in [0.5, 0.6) is 0 Å². The first-order valence-electron chi connectivity index (χ1n) is 2.33. The molecule has 0 saturated heterocycles. The third-order valence-corrected chi connectivity index (χ3v) is 0.415. The van der Waals surface area contributed by atoms with Gasteiger partial charge in [-0.1, -0.05) is 0 Å². The fourth-order valence-corrected chi connectivity index (χ4v) is 0.107. The summed E-state index contributed by atoms with van der Waals surface area (Å²) in [4.78, 5) is 0. The molecule has 0 fully saturated rings. The Balaban J connectivity index is 0. The zero-order valence-electron chi connectivity index (χ0n) is 5.89. The molecule has 0 unspecified atom stereocenters. The maximum absolute atomic E-state index is 11.0. The summed E-state index contributed by atoms with van der Waals surface area (Å²) < 4.78 is 96.4. The van der Waals surface area contributed by atoms with Gasteiger partial charge in [0.2, 0.25) is 0 Å². The van der Waals surface area contributed by atoms with Crippen molar-refractivity contribution in [1.29, 1.82) is 0 Å². The van der Waals surface area contributed by atoms with Gasteiger partial charge in [0, 0.05) is 0 Å². The highest BCUT2D eigenvalue weighted by Crippen LogP contribution is 2.29. The molecule has 11 heteroatoms. The smallest absolute Gasteiger partial charge is 0.264 e. The Morgan fingerprint density at radius 1 is 1.00 bits per heavy atom. The SMILES string of the molecule is FC(F)=C(F)C(F)(F)F.O=S(=O)(O)O. The van der Waals surface area contributed by atoms with Crippen molar-refractivity contribution < 1.29 is 43.9 Å². The van der Waals surface area contributed by atoms with Crippen LogP contribution in [-0.2, 0) is 10.4 Å². The van der Waals surface area contributed by atoms with Crippen molar-refractivity contribution in [2.75, 3.05) is 0 Å². The quantitative estimate of drug-likeness (QED) is 0.507. The van der Waals surface area contributed by atoms with E-state index in [1.54, 1.807) is 0 Å². The summed E-state index contributed by atoms with van der Waals surface area (Å²) in [6, 6.07) is 0. The van der Waals surface area contributed by atoms with Gasteiger partial charge in [-0.3, -0.25) is 9.11 Å².